The third-order valence-electron chi connectivity index (χ3n) is 5.92. The van der Waals surface area contributed by atoms with Gasteiger partial charge >= 0.3 is 0 Å². The molecular formula is C19H31N5O. The highest BCUT2D eigenvalue weighted by Crippen LogP contribution is 2.37. The van der Waals surface area contributed by atoms with Crippen molar-refractivity contribution in [1.82, 2.24) is 19.8 Å². The zero-order valence-electron chi connectivity index (χ0n) is 15.6. The summed E-state index contributed by atoms with van der Waals surface area (Å²) >= 11 is 0. The van der Waals surface area contributed by atoms with Gasteiger partial charge in [0.25, 0.3) is 0 Å². The van der Waals surface area contributed by atoms with Gasteiger partial charge in [0.05, 0.1) is 6.54 Å². The molecular weight excluding hydrogens is 314 g/mol. The molecule has 1 saturated heterocycles. The molecule has 25 heavy (non-hydrogen) atoms. The smallest absolute Gasteiger partial charge is 0.228 e. The van der Waals surface area contributed by atoms with Gasteiger partial charge in [-0.2, -0.15) is 0 Å². The number of hydrogen-bond acceptors (Lipinski definition) is 5. The summed E-state index contributed by atoms with van der Waals surface area (Å²) in [6.07, 6.45) is 9.71. The lowest BCUT2D eigenvalue weighted by Crippen LogP contribution is -2.43. The van der Waals surface area contributed by atoms with Crippen LogP contribution in [0.4, 0.5) is 5.82 Å². The molecule has 6 heteroatoms. The van der Waals surface area contributed by atoms with E-state index < -0.39 is 0 Å². The standard InChI is InChI=1S/C19H31N5O/c1-19(9-5-3-4-6-10-19)18(25)24-12-8-15(13-24)23(2)14-17-21-11-7-16(20)22-17/h7,11,15H,3-6,8-10,12-14H2,1-2H3,(H2,20,21,22)/t15-/m1/s1. The molecule has 138 valence electrons. The molecule has 6 nitrogen and oxygen atoms in total. The Balaban J connectivity index is 1.58. The number of anilines is 1. The maximum Gasteiger partial charge on any atom is 0.228 e. The van der Waals surface area contributed by atoms with E-state index in [0.29, 0.717) is 24.3 Å². The number of nitrogens with zero attached hydrogens (tertiary/aromatic N) is 4. The number of nitrogen functional groups attached to an aromatic ring is 1. The van der Waals surface area contributed by atoms with Crippen LogP contribution in [-0.4, -0.2) is 51.9 Å². The Hall–Kier alpha value is -1.69. The summed E-state index contributed by atoms with van der Waals surface area (Å²) < 4.78 is 0. The highest BCUT2D eigenvalue weighted by molar-refractivity contribution is 5.82. The number of likely N-dealkylation sites (N-methyl/N-ethyl adjacent to an activating group) is 1. The summed E-state index contributed by atoms with van der Waals surface area (Å²) in [6, 6.07) is 2.07. The van der Waals surface area contributed by atoms with Crippen molar-refractivity contribution in [2.24, 2.45) is 5.41 Å². The van der Waals surface area contributed by atoms with Gasteiger partial charge < -0.3 is 10.6 Å². The monoisotopic (exact) mass is 345 g/mol. The van der Waals surface area contributed by atoms with E-state index in [1.54, 1.807) is 12.3 Å². The number of carbonyl (C=O) groups excluding carboxylic acids is 1. The lowest BCUT2D eigenvalue weighted by atomic mass is 9.81. The zero-order valence-corrected chi connectivity index (χ0v) is 15.6. The van der Waals surface area contributed by atoms with Gasteiger partial charge in [-0.05, 0) is 32.4 Å². The Morgan fingerprint density at radius 3 is 2.76 bits per heavy atom. The van der Waals surface area contributed by atoms with Crippen molar-refractivity contribution in [1.29, 1.82) is 0 Å². The summed E-state index contributed by atoms with van der Waals surface area (Å²) in [6.45, 7) is 4.52. The topological polar surface area (TPSA) is 75.4 Å². The third-order valence-corrected chi connectivity index (χ3v) is 5.92. The minimum atomic E-state index is -0.152. The van der Waals surface area contributed by atoms with Crippen molar-refractivity contribution in [3.8, 4) is 0 Å². The number of rotatable bonds is 4. The van der Waals surface area contributed by atoms with Crippen LogP contribution in [-0.2, 0) is 11.3 Å². The summed E-state index contributed by atoms with van der Waals surface area (Å²) in [4.78, 5) is 26.0. The molecule has 0 aromatic carbocycles. The van der Waals surface area contributed by atoms with E-state index in [0.717, 1.165) is 38.2 Å². The second-order valence-electron chi connectivity index (χ2n) is 7.98. The van der Waals surface area contributed by atoms with Gasteiger partial charge in [-0.1, -0.05) is 32.6 Å². The van der Waals surface area contributed by atoms with Crippen LogP contribution in [0, 0.1) is 5.41 Å². The molecule has 1 aromatic rings. The molecule has 1 aliphatic carbocycles. The average Bonchev–Trinajstić information content (AvgIpc) is 2.97. The first kappa shape index (κ1) is 18.1. The summed E-state index contributed by atoms with van der Waals surface area (Å²) in [5, 5.41) is 0. The van der Waals surface area contributed by atoms with Gasteiger partial charge in [0.1, 0.15) is 11.6 Å². The lowest BCUT2D eigenvalue weighted by Gasteiger charge is -2.32. The van der Waals surface area contributed by atoms with E-state index in [1.165, 1.54) is 25.7 Å². The number of carbonyl (C=O) groups is 1. The molecule has 0 unspecified atom stereocenters. The number of nitrogens with two attached hydrogens (primary N) is 1. The second kappa shape index (κ2) is 7.68. The predicted molar refractivity (Wildman–Crippen MR) is 98.7 cm³/mol. The highest BCUT2D eigenvalue weighted by atomic mass is 16.2. The average molecular weight is 345 g/mol. The lowest BCUT2D eigenvalue weighted by molar-refractivity contribution is -0.141. The van der Waals surface area contributed by atoms with E-state index in [-0.39, 0.29) is 5.41 Å². The van der Waals surface area contributed by atoms with Gasteiger partial charge in [0.2, 0.25) is 5.91 Å². The molecule has 1 saturated carbocycles. The second-order valence-corrected chi connectivity index (χ2v) is 7.98. The van der Waals surface area contributed by atoms with Crippen LogP contribution < -0.4 is 5.73 Å². The Labute approximate surface area is 150 Å². The SMILES string of the molecule is CN(Cc1nccc(N)n1)[C@@H]1CCN(C(=O)C2(C)CCCCCC2)C1. The molecule has 2 fully saturated rings. The molecule has 2 heterocycles. The molecule has 3 rings (SSSR count). The fourth-order valence-electron chi connectivity index (χ4n) is 4.23. The molecule has 1 atom stereocenters. The largest absolute Gasteiger partial charge is 0.384 e. The fraction of sp³-hybridized carbons (Fsp3) is 0.737. The van der Waals surface area contributed by atoms with E-state index in [2.05, 4.69) is 33.7 Å². The molecule has 0 bridgehead atoms. The van der Waals surface area contributed by atoms with Crippen molar-refractivity contribution in [3.05, 3.63) is 18.1 Å². The van der Waals surface area contributed by atoms with E-state index >= 15 is 0 Å². The minimum absolute atomic E-state index is 0.152. The molecule has 1 aliphatic heterocycles. The van der Waals surface area contributed by atoms with Crippen molar-refractivity contribution in [3.63, 3.8) is 0 Å². The molecule has 2 aliphatic rings. The molecule has 1 aromatic heterocycles. The van der Waals surface area contributed by atoms with Crippen molar-refractivity contribution in [2.75, 3.05) is 25.9 Å². The summed E-state index contributed by atoms with van der Waals surface area (Å²) in [5.74, 6) is 1.61. The number of aromatic nitrogens is 2. The minimum Gasteiger partial charge on any atom is -0.384 e. The first-order valence-electron chi connectivity index (χ1n) is 9.55. The Kier molecular flexibility index (Phi) is 5.57. The van der Waals surface area contributed by atoms with Gasteiger partial charge in [-0.15, -0.1) is 0 Å². The van der Waals surface area contributed by atoms with Crippen LogP contribution >= 0.6 is 0 Å². The maximum atomic E-state index is 13.1. The number of likely N-dealkylation sites (tertiary alicyclic amines) is 1. The van der Waals surface area contributed by atoms with E-state index in [4.69, 9.17) is 5.73 Å². The number of amides is 1. The van der Waals surface area contributed by atoms with E-state index in [1.807, 2.05) is 0 Å². The Morgan fingerprint density at radius 2 is 2.08 bits per heavy atom. The predicted octanol–water partition coefficient (Wildman–Crippen LogP) is 2.45. The number of hydrogen-bond donors (Lipinski definition) is 1. The van der Waals surface area contributed by atoms with Crippen LogP contribution in [0.2, 0.25) is 0 Å². The highest BCUT2D eigenvalue weighted by Gasteiger charge is 2.39. The summed E-state index contributed by atoms with van der Waals surface area (Å²) in [7, 11) is 2.08. The molecule has 0 radical (unpaired) electrons. The van der Waals surface area contributed by atoms with Crippen molar-refractivity contribution < 1.29 is 4.79 Å². The van der Waals surface area contributed by atoms with E-state index in [9.17, 15) is 4.79 Å². The van der Waals surface area contributed by atoms with Crippen LogP contribution in [0.25, 0.3) is 0 Å². The molecule has 2 N–H and O–H groups in total. The van der Waals surface area contributed by atoms with Gasteiger partial charge in [-0.25, -0.2) is 9.97 Å². The molecule has 1 amide bonds. The van der Waals surface area contributed by atoms with Gasteiger partial charge in [-0.3, -0.25) is 9.69 Å². The molecule has 0 spiro atoms. The zero-order chi connectivity index (χ0) is 17.9. The Bertz CT molecular complexity index is 597. The van der Waals surface area contributed by atoms with Crippen LogP contribution in [0.15, 0.2) is 12.3 Å². The van der Waals surface area contributed by atoms with Gasteiger partial charge in [0.15, 0.2) is 0 Å². The van der Waals surface area contributed by atoms with Crippen LogP contribution in [0.3, 0.4) is 0 Å². The first-order chi connectivity index (χ1) is 12.0. The van der Waals surface area contributed by atoms with Gasteiger partial charge in [0, 0.05) is 30.7 Å². The van der Waals surface area contributed by atoms with Crippen LogP contribution in [0.1, 0.15) is 57.7 Å². The van der Waals surface area contributed by atoms with Crippen molar-refractivity contribution >= 4 is 11.7 Å². The fourth-order valence-corrected chi connectivity index (χ4v) is 4.23. The summed E-state index contributed by atoms with van der Waals surface area (Å²) in [5.41, 5.74) is 5.59. The van der Waals surface area contributed by atoms with Crippen LogP contribution in [0.5, 0.6) is 0 Å². The quantitative estimate of drug-likeness (QED) is 0.848. The maximum absolute atomic E-state index is 13.1. The third kappa shape index (κ3) is 4.29. The Morgan fingerprint density at radius 1 is 1.36 bits per heavy atom. The normalized spacial score (nSPS) is 23.6. The van der Waals surface area contributed by atoms with Crippen molar-refractivity contribution in [2.45, 2.75) is 64.5 Å². The first-order valence-corrected chi connectivity index (χ1v) is 9.55.